The first-order chi connectivity index (χ1) is 17.8. The highest BCUT2D eigenvalue weighted by Gasteiger charge is 2.36. The van der Waals surface area contributed by atoms with Crippen LogP contribution in [0.2, 0.25) is 5.02 Å². The summed E-state index contributed by atoms with van der Waals surface area (Å²) >= 11 is 6.15. The van der Waals surface area contributed by atoms with Crippen LogP contribution in [0.5, 0.6) is 5.75 Å². The standard InChI is InChI=1S/C28H32ClFN4O3/c1-33-12-8-23(9-13-33)32-27(36)24-16-21(29)4-7-25(24)37-18-26(35)34-14-10-28(19-31,11-15-34)17-20-2-5-22(30)6-3-20/h2-7,16,23H,8-15,17-18H2,1H3,(H,32,36). The number of halogens is 2. The third kappa shape index (κ3) is 7.00. The van der Waals surface area contributed by atoms with Crippen molar-refractivity contribution >= 4 is 23.4 Å². The molecule has 2 aromatic carbocycles. The molecule has 0 saturated carbocycles. The van der Waals surface area contributed by atoms with E-state index in [2.05, 4.69) is 23.3 Å². The van der Waals surface area contributed by atoms with E-state index in [1.807, 2.05) is 0 Å². The van der Waals surface area contributed by atoms with Crippen molar-refractivity contribution in [1.29, 1.82) is 5.26 Å². The summed E-state index contributed by atoms with van der Waals surface area (Å²) in [6, 6.07) is 13.5. The van der Waals surface area contributed by atoms with E-state index < -0.39 is 5.41 Å². The van der Waals surface area contributed by atoms with Crippen LogP contribution in [0.4, 0.5) is 4.39 Å². The van der Waals surface area contributed by atoms with E-state index in [1.165, 1.54) is 12.1 Å². The Kier molecular flexibility index (Phi) is 8.67. The largest absolute Gasteiger partial charge is 0.483 e. The van der Waals surface area contributed by atoms with Crippen molar-refractivity contribution in [3.05, 3.63) is 64.4 Å². The average molecular weight is 527 g/mol. The minimum absolute atomic E-state index is 0.0841. The molecule has 0 aliphatic carbocycles. The Morgan fingerprint density at radius 1 is 1.14 bits per heavy atom. The predicted octanol–water partition coefficient (Wildman–Crippen LogP) is 4.06. The maximum absolute atomic E-state index is 13.2. The first kappa shape index (κ1) is 26.9. The van der Waals surface area contributed by atoms with E-state index in [1.54, 1.807) is 35.2 Å². The summed E-state index contributed by atoms with van der Waals surface area (Å²) in [4.78, 5) is 29.8. The van der Waals surface area contributed by atoms with Gasteiger partial charge in [0, 0.05) is 24.2 Å². The number of nitrogens with zero attached hydrogens (tertiary/aromatic N) is 3. The lowest BCUT2D eigenvalue weighted by atomic mass is 9.75. The van der Waals surface area contributed by atoms with Crippen LogP contribution in [-0.2, 0) is 11.2 Å². The van der Waals surface area contributed by atoms with Gasteiger partial charge in [-0.25, -0.2) is 4.39 Å². The van der Waals surface area contributed by atoms with Gasteiger partial charge in [-0.1, -0.05) is 23.7 Å². The molecular formula is C28H32ClFN4O3. The van der Waals surface area contributed by atoms with Crippen molar-refractivity contribution < 1.29 is 18.7 Å². The summed E-state index contributed by atoms with van der Waals surface area (Å²) < 4.78 is 19.0. The number of hydrogen-bond donors (Lipinski definition) is 1. The Bertz CT molecular complexity index is 1150. The van der Waals surface area contributed by atoms with Crippen molar-refractivity contribution in [2.24, 2.45) is 5.41 Å². The van der Waals surface area contributed by atoms with Gasteiger partial charge in [0.1, 0.15) is 11.6 Å². The zero-order valence-electron chi connectivity index (χ0n) is 21.0. The van der Waals surface area contributed by atoms with Crippen LogP contribution in [0.3, 0.4) is 0 Å². The number of nitrogens with one attached hydrogen (secondary N) is 1. The van der Waals surface area contributed by atoms with E-state index in [9.17, 15) is 19.2 Å². The molecule has 0 bridgehead atoms. The summed E-state index contributed by atoms with van der Waals surface area (Å²) in [5.74, 6) is -0.469. The Hall–Kier alpha value is -3.15. The van der Waals surface area contributed by atoms with Crippen LogP contribution < -0.4 is 10.1 Å². The van der Waals surface area contributed by atoms with Crippen LogP contribution in [0.1, 0.15) is 41.6 Å². The second-order valence-electron chi connectivity index (χ2n) is 10.1. The van der Waals surface area contributed by atoms with Gasteiger partial charge in [-0.05, 0) is 88.1 Å². The number of amides is 2. The van der Waals surface area contributed by atoms with Gasteiger partial charge in [0.05, 0.1) is 17.0 Å². The number of ether oxygens (including phenoxy) is 1. The molecule has 2 aliphatic rings. The second kappa shape index (κ2) is 11.9. The molecule has 4 rings (SSSR count). The van der Waals surface area contributed by atoms with Gasteiger partial charge in [-0.15, -0.1) is 0 Å². The molecule has 196 valence electrons. The minimum Gasteiger partial charge on any atom is -0.483 e. The highest BCUT2D eigenvalue weighted by Crippen LogP contribution is 2.35. The maximum atomic E-state index is 13.2. The number of rotatable bonds is 7. The Morgan fingerprint density at radius 2 is 1.81 bits per heavy atom. The van der Waals surface area contributed by atoms with E-state index in [0.717, 1.165) is 31.5 Å². The Morgan fingerprint density at radius 3 is 2.46 bits per heavy atom. The Labute approximate surface area is 222 Å². The van der Waals surface area contributed by atoms with Gasteiger partial charge < -0.3 is 19.9 Å². The number of nitriles is 1. The van der Waals surface area contributed by atoms with E-state index >= 15 is 0 Å². The molecule has 2 saturated heterocycles. The molecule has 7 nitrogen and oxygen atoms in total. The quantitative estimate of drug-likeness (QED) is 0.588. The normalized spacial score (nSPS) is 18.2. The van der Waals surface area contributed by atoms with Gasteiger partial charge in [-0.2, -0.15) is 5.26 Å². The number of carbonyl (C=O) groups is 2. The summed E-state index contributed by atoms with van der Waals surface area (Å²) in [5.41, 5.74) is 0.616. The van der Waals surface area contributed by atoms with Crippen LogP contribution in [0.25, 0.3) is 0 Å². The smallest absolute Gasteiger partial charge is 0.260 e. The van der Waals surface area contributed by atoms with Crippen LogP contribution >= 0.6 is 11.6 Å². The molecular weight excluding hydrogens is 495 g/mol. The van der Waals surface area contributed by atoms with Gasteiger partial charge in [0.2, 0.25) is 0 Å². The van der Waals surface area contributed by atoms with E-state index in [4.69, 9.17) is 16.3 Å². The zero-order chi connectivity index (χ0) is 26.4. The molecule has 0 unspecified atom stereocenters. The minimum atomic E-state index is -0.592. The highest BCUT2D eigenvalue weighted by atomic mass is 35.5. The molecule has 2 fully saturated rings. The summed E-state index contributed by atoms with van der Waals surface area (Å²) in [7, 11) is 2.06. The van der Waals surface area contributed by atoms with Crippen LogP contribution in [0.15, 0.2) is 42.5 Å². The third-order valence-corrected chi connectivity index (χ3v) is 7.59. The second-order valence-corrected chi connectivity index (χ2v) is 10.5. The molecule has 0 spiro atoms. The van der Waals surface area contributed by atoms with Crippen LogP contribution in [0, 0.1) is 22.6 Å². The highest BCUT2D eigenvalue weighted by molar-refractivity contribution is 6.31. The van der Waals surface area contributed by atoms with Crippen LogP contribution in [-0.4, -0.2) is 67.5 Å². The lowest BCUT2D eigenvalue weighted by molar-refractivity contribution is -0.135. The summed E-state index contributed by atoms with van der Waals surface area (Å²) in [6.07, 6.45) is 3.31. The van der Waals surface area contributed by atoms with Crippen molar-refractivity contribution in [2.75, 3.05) is 39.8 Å². The molecule has 2 heterocycles. The molecule has 0 atom stereocenters. The fourth-order valence-corrected chi connectivity index (χ4v) is 5.13. The summed E-state index contributed by atoms with van der Waals surface area (Å²) in [5, 5.41) is 13.3. The van der Waals surface area contributed by atoms with Crippen molar-refractivity contribution in [2.45, 2.75) is 38.1 Å². The third-order valence-electron chi connectivity index (χ3n) is 7.36. The molecule has 2 aliphatic heterocycles. The number of benzene rings is 2. The molecule has 0 radical (unpaired) electrons. The number of hydrogen-bond acceptors (Lipinski definition) is 5. The van der Waals surface area contributed by atoms with Gasteiger partial charge in [-0.3, -0.25) is 9.59 Å². The van der Waals surface area contributed by atoms with Gasteiger partial charge >= 0.3 is 0 Å². The lowest BCUT2D eigenvalue weighted by Gasteiger charge is -2.37. The van der Waals surface area contributed by atoms with Crippen molar-refractivity contribution in [1.82, 2.24) is 15.1 Å². The molecule has 37 heavy (non-hydrogen) atoms. The zero-order valence-corrected chi connectivity index (χ0v) is 21.8. The van der Waals surface area contributed by atoms with Crippen molar-refractivity contribution in [3.8, 4) is 11.8 Å². The van der Waals surface area contributed by atoms with E-state index in [-0.39, 0.29) is 30.3 Å². The number of likely N-dealkylation sites (tertiary alicyclic amines) is 2. The molecule has 9 heteroatoms. The monoisotopic (exact) mass is 526 g/mol. The molecule has 2 aromatic rings. The fraction of sp³-hybridized carbons (Fsp3) is 0.464. The lowest BCUT2D eigenvalue weighted by Crippen LogP contribution is -2.45. The van der Waals surface area contributed by atoms with E-state index in [0.29, 0.717) is 48.7 Å². The maximum Gasteiger partial charge on any atom is 0.260 e. The predicted molar refractivity (Wildman–Crippen MR) is 139 cm³/mol. The SMILES string of the molecule is CN1CCC(NC(=O)c2cc(Cl)ccc2OCC(=O)N2CCC(C#N)(Cc3ccc(F)cc3)CC2)CC1. The fourth-order valence-electron chi connectivity index (χ4n) is 4.96. The first-order valence-electron chi connectivity index (χ1n) is 12.6. The molecule has 2 amide bonds. The summed E-state index contributed by atoms with van der Waals surface area (Å²) in [6.45, 7) is 2.49. The topological polar surface area (TPSA) is 85.7 Å². The van der Waals surface area contributed by atoms with Gasteiger partial charge in [0.15, 0.2) is 6.61 Å². The molecule has 0 aromatic heterocycles. The first-order valence-corrected chi connectivity index (χ1v) is 13.0. The van der Waals surface area contributed by atoms with Crippen molar-refractivity contribution in [3.63, 3.8) is 0 Å². The number of carbonyl (C=O) groups excluding carboxylic acids is 2. The Balaban J connectivity index is 1.32. The average Bonchev–Trinajstić information content (AvgIpc) is 2.90. The van der Waals surface area contributed by atoms with Gasteiger partial charge in [0.25, 0.3) is 11.8 Å². The number of piperidine rings is 2. The molecule has 1 N–H and O–H groups in total.